The molecule has 98 valence electrons. The molecule has 0 aliphatic rings. The number of benzene rings is 2. The number of hydrogen-bond donors (Lipinski definition) is 0. The largest absolute Gasteiger partial charge is 0.329 e. The zero-order valence-electron chi connectivity index (χ0n) is 11.2. The number of fused-ring (bicyclic) bond motifs is 1. The minimum Gasteiger partial charge on any atom is -0.295 e. The molecular formula is C17H14N2O. The first-order valence-corrected chi connectivity index (χ1v) is 6.40. The molecule has 0 N–H and O–H groups in total. The van der Waals surface area contributed by atoms with E-state index in [1.807, 2.05) is 48.5 Å². The van der Waals surface area contributed by atoms with Crippen LogP contribution in [0.15, 0.2) is 53.3 Å². The van der Waals surface area contributed by atoms with Crippen LogP contribution in [0.4, 0.5) is 0 Å². The van der Waals surface area contributed by atoms with Crippen LogP contribution in [-0.4, -0.2) is 9.13 Å². The highest BCUT2D eigenvalue weighted by Gasteiger charge is 2.10. The number of terminal acetylenes is 1. The fraction of sp³-hybridized carbons (Fsp3) is 0.118. The van der Waals surface area contributed by atoms with Gasteiger partial charge in [0.05, 0.1) is 17.6 Å². The Morgan fingerprint density at radius 1 is 1.10 bits per heavy atom. The van der Waals surface area contributed by atoms with Crippen LogP contribution in [0.1, 0.15) is 11.1 Å². The molecule has 0 spiro atoms. The molecule has 3 rings (SSSR count). The van der Waals surface area contributed by atoms with Gasteiger partial charge in [-0.1, -0.05) is 30.2 Å². The summed E-state index contributed by atoms with van der Waals surface area (Å²) in [7, 11) is 1.79. The van der Waals surface area contributed by atoms with Crippen molar-refractivity contribution in [3.63, 3.8) is 0 Å². The second kappa shape index (κ2) is 4.75. The van der Waals surface area contributed by atoms with E-state index in [2.05, 4.69) is 5.92 Å². The number of para-hydroxylation sites is 2. The summed E-state index contributed by atoms with van der Waals surface area (Å²) in [5.74, 6) is 2.62. The first-order valence-electron chi connectivity index (χ1n) is 6.40. The van der Waals surface area contributed by atoms with Crippen LogP contribution < -0.4 is 5.69 Å². The highest BCUT2D eigenvalue weighted by Crippen LogP contribution is 2.14. The maximum atomic E-state index is 12.3. The van der Waals surface area contributed by atoms with Crippen LogP contribution >= 0.6 is 0 Å². The smallest absolute Gasteiger partial charge is 0.295 e. The molecule has 3 aromatic rings. The van der Waals surface area contributed by atoms with Gasteiger partial charge in [-0.15, -0.1) is 6.42 Å². The molecule has 20 heavy (non-hydrogen) atoms. The minimum atomic E-state index is -0.0164. The molecule has 1 heterocycles. The van der Waals surface area contributed by atoms with Gasteiger partial charge in [-0.25, -0.2) is 4.79 Å². The Labute approximate surface area is 117 Å². The van der Waals surface area contributed by atoms with Crippen LogP contribution in [0.3, 0.4) is 0 Å². The summed E-state index contributed by atoms with van der Waals surface area (Å²) < 4.78 is 3.44. The van der Waals surface area contributed by atoms with Gasteiger partial charge in [0.25, 0.3) is 0 Å². The number of hydrogen-bond acceptors (Lipinski definition) is 1. The van der Waals surface area contributed by atoms with Crippen LogP contribution in [0, 0.1) is 12.3 Å². The summed E-state index contributed by atoms with van der Waals surface area (Å²) >= 11 is 0. The summed E-state index contributed by atoms with van der Waals surface area (Å²) in [6.07, 6.45) is 5.41. The third kappa shape index (κ3) is 1.92. The SMILES string of the molecule is C#Cc1cccc(Cn2c(=O)n(C)c3ccccc32)c1. The van der Waals surface area contributed by atoms with E-state index in [9.17, 15) is 4.79 Å². The van der Waals surface area contributed by atoms with Crippen molar-refractivity contribution in [2.24, 2.45) is 7.05 Å². The summed E-state index contributed by atoms with van der Waals surface area (Å²) in [6, 6.07) is 15.5. The van der Waals surface area contributed by atoms with Crippen molar-refractivity contribution >= 4 is 11.0 Å². The molecule has 0 aliphatic heterocycles. The number of rotatable bonds is 2. The lowest BCUT2D eigenvalue weighted by Gasteiger charge is -2.04. The van der Waals surface area contributed by atoms with E-state index in [1.165, 1.54) is 0 Å². The standard InChI is InChI=1S/C17H14N2O/c1-3-13-7-6-8-14(11-13)12-19-16-10-5-4-9-15(16)18(2)17(19)20/h1,4-11H,12H2,2H3. The van der Waals surface area contributed by atoms with Crippen LogP contribution in [0.25, 0.3) is 11.0 Å². The number of aryl methyl sites for hydroxylation is 1. The Morgan fingerprint density at radius 2 is 1.85 bits per heavy atom. The van der Waals surface area contributed by atoms with E-state index in [1.54, 1.807) is 16.2 Å². The lowest BCUT2D eigenvalue weighted by Crippen LogP contribution is -2.22. The molecule has 0 radical (unpaired) electrons. The lowest BCUT2D eigenvalue weighted by atomic mass is 10.1. The Balaban J connectivity index is 2.14. The maximum Gasteiger partial charge on any atom is 0.329 e. The molecule has 0 atom stereocenters. The normalized spacial score (nSPS) is 10.6. The van der Waals surface area contributed by atoms with Gasteiger partial charge in [-0.05, 0) is 29.8 Å². The monoisotopic (exact) mass is 262 g/mol. The van der Waals surface area contributed by atoms with Gasteiger partial charge in [0.15, 0.2) is 0 Å². The van der Waals surface area contributed by atoms with E-state index < -0.39 is 0 Å². The van der Waals surface area contributed by atoms with E-state index in [0.717, 1.165) is 22.2 Å². The number of imidazole rings is 1. The van der Waals surface area contributed by atoms with Crippen molar-refractivity contribution in [3.8, 4) is 12.3 Å². The molecule has 0 saturated carbocycles. The van der Waals surface area contributed by atoms with Crippen molar-refractivity contribution in [3.05, 3.63) is 70.1 Å². The maximum absolute atomic E-state index is 12.3. The molecular weight excluding hydrogens is 248 g/mol. The van der Waals surface area contributed by atoms with Crippen molar-refractivity contribution < 1.29 is 0 Å². The van der Waals surface area contributed by atoms with Crippen molar-refractivity contribution in [1.29, 1.82) is 0 Å². The van der Waals surface area contributed by atoms with Gasteiger partial charge in [0, 0.05) is 12.6 Å². The first kappa shape index (κ1) is 12.3. The van der Waals surface area contributed by atoms with Crippen LogP contribution in [-0.2, 0) is 13.6 Å². The van der Waals surface area contributed by atoms with Gasteiger partial charge in [-0.3, -0.25) is 9.13 Å². The Kier molecular flexibility index (Phi) is 2.92. The van der Waals surface area contributed by atoms with E-state index >= 15 is 0 Å². The Hall–Kier alpha value is -2.73. The first-order chi connectivity index (χ1) is 9.70. The lowest BCUT2D eigenvalue weighted by molar-refractivity contribution is 0.736. The summed E-state index contributed by atoms with van der Waals surface area (Å²) in [5.41, 5.74) is 3.71. The second-order valence-corrected chi connectivity index (χ2v) is 4.76. The van der Waals surface area contributed by atoms with Crippen molar-refractivity contribution in [2.75, 3.05) is 0 Å². The van der Waals surface area contributed by atoms with E-state index in [0.29, 0.717) is 6.54 Å². The van der Waals surface area contributed by atoms with Gasteiger partial charge in [0.1, 0.15) is 0 Å². The van der Waals surface area contributed by atoms with Crippen LogP contribution in [0.2, 0.25) is 0 Å². The highest BCUT2D eigenvalue weighted by atomic mass is 16.1. The second-order valence-electron chi connectivity index (χ2n) is 4.76. The average Bonchev–Trinajstić information content (AvgIpc) is 2.73. The molecule has 0 saturated heterocycles. The fourth-order valence-corrected chi connectivity index (χ4v) is 2.46. The van der Waals surface area contributed by atoms with Gasteiger partial charge < -0.3 is 0 Å². The summed E-state index contributed by atoms with van der Waals surface area (Å²) in [5, 5.41) is 0. The van der Waals surface area contributed by atoms with Gasteiger partial charge in [-0.2, -0.15) is 0 Å². The average molecular weight is 262 g/mol. The molecule has 1 aromatic heterocycles. The van der Waals surface area contributed by atoms with E-state index in [4.69, 9.17) is 6.42 Å². The molecule has 0 unspecified atom stereocenters. The Bertz CT molecular complexity index is 878. The minimum absolute atomic E-state index is 0.0164. The number of aromatic nitrogens is 2. The van der Waals surface area contributed by atoms with Gasteiger partial charge >= 0.3 is 5.69 Å². The van der Waals surface area contributed by atoms with E-state index in [-0.39, 0.29) is 5.69 Å². The molecule has 0 aliphatic carbocycles. The fourth-order valence-electron chi connectivity index (χ4n) is 2.46. The van der Waals surface area contributed by atoms with Gasteiger partial charge in [0.2, 0.25) is 0 Å². The molecule has 0 amide bonds. The third-order valence-electron chi connectivity index (χ3n) is 3.49. The molecule has 2 aromatic carbocycles. The topological polar surface area (TPSA) is 26.9 Å². The zero-order valence-corrected chi connectivity index (χ0v) is 11.2. The zero-order chi connectivity index (χ0) is 14.1. The summed E-state index contributed by atoms with van der Waals surface area (Å²) in [6.45, 7) is 0.524. The molecule has 3 nitrogen and oxygen atoms in total. The molecule has 0 fully saturated rings. The highest BCUT2D eigenvalue weighted by molar-refractivity contribution is 5.75. The predicted molar refractivity (Wildman–Crippen MR) is 80.7 cm³/mol. The summed E-state index contributed by atoms with van der Waals surface area (Å²) in [4.78, 5) is 12.3. The number of nitrogens with zero attached hydrogens (tertiary/aromatic N) is 2. The van der Waals surface area contributed by atoms with Crippen molar-refractivity contribution in [2.45, 2.75) is 6.54 Å². The predicted octanol–water partition coefficient (Wildman–Crippen LogP) is 2.37. The molecule has 3 heteroatoms. The quantitative estimate of drug-likeness (QED) is 0.651. The Morgan fingerprint density at radius 3 is 2.60 bits per heavy atom. The van der Waals surface area contributed by atoms with Crippen LogP contribution in [0.5, 0.6) is 0 Å². The van der Waals surface area contributed by atoms with Crippen molar-refractivity contribution in [1.82, 2.24) is 9.13 Å². The molecule has 0 bridgehead atoms. The third-order valence-corrected chi connectivity index (χ3v) is 3.49.